The standard InChI is InChI=1S/C11H15BrN2O2/c1-8-10(16-7-13-8)11(15)14(6-5-12)9-3-2-4-9/h7,9H,2-6H2,1H3. The number of halogens is 1. The summed E-state index contributed by atoms with van der Waals surface area (Å²) in [6.45, 7) is 2.52. The fourth-order valence-electron chi connectivity index (χ4n) is 1.88. The lowest BCUT2D eigenvalue weighted by atomic mass is 9.91. The first-order valence-corrected chi connectivity index (χ1v) is 6.63. The fourth-order valence-corrected chi connectivity index (χ4v) is 2.26. The average Bonchev–Trinajstić information content (AvgIpc) is 2.60. The van der Waals surface area contributed by atoms with E-state index in [0.29, 0.717) is 17.5 Å². The number of carbonyl (C=O) groups excluding carboxylic acids is 1. The maximum Gasteiger partial charge on any atom is 0.291 e. The van der Waals surface area contributed by atoms with E-state index in [4.69, 9.17) is 4.42 Å². The van der Waals surface area contributed by atoms with Gasteiger partial charge < -0.3 is 9.32 Å². The highest BCUT2D eigenvalue weighted by Gasteiger charge is 2.31. The number of oxazole rings is 1. The molecule has 0 N–H and O–H groups in total. The minimum absolute atomic E-state index is 0.0286. The summed E-state index contributed by atoms with van der Waals surface area (Å²) in [7, 11) is 0. The monoisotopic (exact) mass is 286 g/mol. The molecular formula is C11H15BrN2O2. The highest BCUT2D eigenvalue weighted by molar-refractivity contribution is 9.09. The highest BCUT2D eigenvalue weighted by Crippen LogP contribution is 2.26. The van der Waals surface area contributed by atoms with Gasteiger partial charge in [-0.25, -0.2) is 4.98 Å². The molecule has 0 saturated heterocycles. The quantitative estimate of drug-likeness (QED) is 0.799. The first-order valence-electron chi connectivity index (χ1n) is 5.51. The zero-order valence-electron chi connectivity index (χ0n) is 9.28. The molecule has 0 bridgehead atoms. The van der Waals surface area contributed by atoms with Crippen LogP contribution in [0.3, 0.4) is 0 Å². The Morgan fingerprint density at radius 3 is 2.88 bits per heavy atom. The number of hydrogen-bond acceptors (Lipinski definition) is 3. The normalized spacial score (nSPS) is 15.9. The summed E-state index contributed by atoms with van der Waals surface area (Å²) in [6, 6.07) is 0.384. The third-order valence-electron chi connectivity index (χ3n) is 3.04. The van der Waals surface area contributed by atoms with Gasteiger partial charge in [-0.2, -0.15) is 0 Å². The molecule has 1 amide bonds. The molecule has 1 heterocycles. The molecule has 1 aromatic heterocycles. The van der Waals surface area contributed by atoms with Gasteiger partial charge in [0.25, 0.3) is 5.91 Å². The molecule has 5 heteroatoms. The Kier molecular flexibility index (Phi) is 3.63. The second-order valence-electron chi connectivity index (χ2n) is 4.04. The minimum Gasteiger partial charge on any atom is -0.438 e. The average molecular weight is 287 g/mol. The largest absolute Gasteiger partial charge is 0.438 e. The van der Waals surface area contributed by atoms with Crippen LogP contribution in [0.2, 0.25) is 0 Å². The number of aryl methyl sites for hydroxylation is 1. The van der Waals surface area contributed by atoms with Crippen molar-refractivity contribution in [2.75, 3.05) is 11.9 Å². The summed E-state index contributed by atoms with van der Waals surface area (Å²) in [4.78, 5) is 18.1. The molecule has 0 radical (unpaired) electrons. The second-order valence-corrected chi connectivity index (χ2v) is 4.83. The summed E-state index contributed by atoms with van der Waals surface area (Å²) in [5.41, 5.74) is 0.670. The number of nitrogens with zero attached hydrogens (tertiary/aromatic N) is 2. The molecule has 0 aromatic carbocycles. The van der Waals surface area contributed by atoms with Gasteiger partial charge in [0.2, 0.25) is 5.76 Å². The summed E-state index contributed by atoms with van der Waals surface area (Å²) in [5, 5.41) is 0.794. The van der Waals surface area contributed by atoms with Gasteiger partial charge in [0.05, 0.1) is 5.69 Å². The van der Waals surface area contributed by atoms with E-state index in [1.54, 1.807) is 6.92 Å². The van der Waals surface area contributed by atoms with Crippen LogP contribution in [0.25, 0.3) is 0 Å². The second kappa shape index (κ2) is 4.99. The van der Waals surface area contributed by atoms with Gasteiger partial charge in [-0.3, -0.25) is 4.79 Å². The molecule has 1 aliphatic carbocycles. The Morgan fingerprint density at radius 2 is 2.44 bits per heavy atom. The third-order valence-corrected chi connectivity index (χ3v) is 3.40. The van der Waals surface area contributed by atoms with Gasteiger partial charge in [0.15, 0.2) is 6.39 Å². The molecule has 0 unspecified atom stereocenters. The lowest BCUT2D eigenvalue weighted by molar-refractivity contribution is 0.0566. The van der Waals surface area contributed by atoms with Crippen LogP contribution in [0.4, 0.5) is 0 Å². The zero-order chi connectivity index (χ0) is 11.5. The summed E-state index contributed by atoms with van der Waals surface area (Å²) in [5.74, 6) is 0.354. The van der Waals surface area contributed by atoms with Gasteiger partial charge in [0.1, 0.15) is 0 Å². The fraction of sp³-hybridized carbons (Fsp3) is 0.636. The Labute approximate surface area is 103 Å². The van der Waals surface area contributed by atoms with Gasteiger partial charge in [-0.15, -0.1) is 0 Å². The number of alkyl halides is 1. The van der Waals surface area contributed by atoms with Crippen LogP contribution >= 0.6 is 15.9 Å². The SMILES string of the molecule is Cc1ncoc1C(=O)N(CCBr)C1CCC1. The van der Waals surface area contributed by atoms with Crippen molar-refractivity contribution < 1.29 is 9.21 Å². The van der Waals surface area contributed by atoms with Crippen LogP contribution in [-0.4, -0.2) is 33.7 Å². The molecule has 1 fully saturated rings. The van der Waals surface area contributed by atoms with E-state index in [9.17, 15) is 4.79 Å². The van der Waals surface area contributed by atoms with Gasteiger partial charge in [-0.05, 0) is 26.2 Å². The number of hydrogen-bond donors (Lipinski definition) is 0. The van der Waals surface area contributed by atoms with Crippen LogP contribution in [0.1, 0.15) is 35.5 Å². The van der Waals surface area contributed by atoms with Crippen molar-refractivity contribution in [2.45, 2.75) is 32.2 Å². The van der Waals surface area contributed by atoms with Crippen LogP contribution in [-0.2, 0) is 0 Å². The Morgan fingerprint density at radius 1 is 1.69 bits per heavy atom. The molecule has 16 heavy (non-hydrogen) atoms. The summed E-state index contributed by atoms with van der Waals surface area (Å²) >= 11 is 3.38. The maximum absolute atomic E-state index is 12.2. The molecule has 0 spiro atoms. The van der Waals surface area contributed by atoms with Crippen LogP contribution < -0.4 is 0 Å². The number of carbonyl (C=O) groups is 1. The van der Waals surface area contributed by atoms with Crippen molar-refractivity contribution in [3.8, 4) is 0 Å². The van der Waals surface area contributed by atoms with E-state index in [-0.39, 0.29) is 5.91 Å². The van der Waals surface area contributed by atoms with E-state index >= 15 is 0 Å². The number of rotatable bonds is 4. The molecule has 0 aliphatic heterocycles. The van der Waals surface area contributed by atoms with Crippen molar-refractivity contribution in [1.82, 2.24) is 9.88 Å². The predicted octanol–water partition coefficient (Wildman–Crippen LogP) is 2.37. The van der Waals surface area contributed by atoms with Gasteiger partial charge in [0, 0.05) is 17.9 Å². The Bertz CT molecular complexity index is 374. The third kappa shape index (κ3) is 2.14. The molecule has 0 atom stereocenters. The van der Waals surface area contributed by atoms with E-state index in [1.165, 1.54) is 12.8 Å². The van der Waals surface area contributed by atoms with Gasteiger partial charge >= 0.3 is 0 Å². The highest BCUT2D eigenvalue weighted by atomic mass is 79.9. The van der Waals surface area contributed by atoms with Crippen LogP contribution in [0.5, 0.6) is 0 Å². The number of amides is 1. The van der Waals surface area contributed by atoms with Crippen molar-refractivity contribution in [3.63, 3.8) is 0 Å². The van der Waals surface area contributed by atoms with Crippen molar-refractivity contribution in [3.05, 3.63) is 17.8 Å². The molecule has 88 valence electrons. The Balaban J connectivity index is 2.13. The smallest absolute Gasteiger partial charge is 0.291 e. The van der Waals surface area contributed by atoms with Crippen molar-refractivity contribution in [2.24, 2.45) is 0 Å². The molecule has 2 rings (SSSR count). The zero-order valence-corrected chi connectivity index (χ0v) is 10.9. The first-order chi connectivity index (χ1) is 7.74. The van der Waals surface area contributed by atoms with Crippen molar-refractivity contribution in [1.29, 1.82) is 0 Å². The molecular weight excluding hydrogens is 272 g/mol. The molecule has 1 aromatic rings. The van der Waals surface area contributed by atoms with Gasteiger partial charge in [-0.1, -0.05) is 15.9 Å². The molecule has 1 aliphatic rings. The predicted molar refractivity (Wildman–Crippen MR) is 63.7 cm³/mol. The first kappa shape index (κ1) is 11.6. The maximum atomic E-state index is 12.2. The molecule has 4 nitrogen and oxygen atoms in total. The van der Waals surface area contributed by atoms with E-state index in [1.807, 2.05) is 4.90 Å². The summed E-state index contributed by atoms with van der Waals surface area (Å²) < 4.78 is 5.15. The van der Waals surface area contributed by atoms with Crippen LogP contribution in [0.15, 0.2) is 10.8 Å². The van der Waals surface area contributed by atoms with E-state index in [2.05, 4.69) is 20.9 Å². The van der Waals surface area contributed by atoms with Crippen molar-refractivity contribution >= 4 is 21.8 Å². The number of aromatic nitrogens is 1. The molecule has 1 saturated carbocycles. The van der Waals surface area contributed by atoms with Crippen LogP contribution in [0, 0.1) is 6.92 Å². The van der Waals surface area contributed by atoms with E-state index < -0.39 is 0 Å². The summed E-state index contributed by atoms with van der Waals surface area (Å²) in [6.07, 6.45) is 4.75. The topological polar surface area (TPSA) is 46.3 Å². The minimum atomic E-state index is -0.0286. The lowest BCUT2D eigenvalue weighted by Gasteiger charge is -2.36. The lowest BCUT2D eigenvalue weighted by Crippen LogP contribution is -2.45. The van der Waals surface area contributed by atoms with E-state index in [0.717, 1.165) is 24.7 Å². The Hall–Kier alpha value is -0.840.